The first-order chi connectivity index (χ1) is 9.22. The summed E-state index contributed by atoms with van der Waals surface area (Å²) >= 11 is 1.60. The van der Waals surface area contributed by atoms with E-state index < -0.39 is 0 Å². The molecule has 0 aromatic carbocycles. The zero-order valence-corrected chi connectivity index (χ0v) is 12.3. The van der Waals surface area contributed by atoms with Gasteiger partial charge in [-0.15, -0.1) is 5.10 Å². The largest absolute Gasteiger partial charge is 0.353 e. The molecule has 0 N–H and O–H groups in total. The number of amides is 1. The van der Waals surface area contributed by atoms with E-state index in [1.54, 1.807) is 18.0 Å². The smallest absolute Gasteiger partial charge is 0.235 e. The zero-order valence-electron chi connectivity index (χ0n) is 11.5. The molecule has 0 spiro atoms. The summed E-state index contributed by atoms with van der Waals surface area (Å²) < 4.78 is 0. The molecule has 2 rings (SSSR count). The van der Waals surface area contributed by atoms with E-state index in [9.17, 15) is 4.79 Å². The van der Waals surface area contributed by atoms with Gasteiger partial charge >= 0.3 is 0 Å². The molecule has 1 aromatic heterocycles. The number of hydrogen-bond acceptors (Lipinski definition) is 5. The van der Waals surface area contributed by atoms with Gasteiger partial charge in [0.05, 0.1) is 5.25 Å². The van der Waals surface area contributed by atoms with E-state index in [1.807, 2.05) is 30.2 Å². The van der Waals surface area contributed by atoms with Crippen molar-refractivity contribution >= 4 is 23.5 Å². The molecule has 1 amide bonds. The van der Waals surface area contributed by atoms with E-state index >= 15 is 0 Å². The highest BCUT2D eigenvalue weighted by Gasteiger charge is 2.23. The Kier molecular flexibility index (Phi) is 5.01. The molecule has 0 bridgehead atoms. The first kappa shape index (κ1) is 14.1. The van der Waals surface area contributed by atoms with Gasteiger partial charge in [-0.2, -0.15) is 16.9 Å². The van der Waals surface area contributed by atoms with E-state index in [4.69, 9.17) is 0 Å². The molecule has 19 heavy (non-hydrogen) atoms. The van der Waals surface area contributed by atoms with Crippen molar-refractivity contribution in [1.82, 2.24) is 15.1 Å². The molecule has 0 radical (unpaired) electrons. The summed E-state index contributed by atoms with van der Waals surface area (Å²) in [4.78, 5) is 16.4. The number of thioether (sulfide) groups is 1. The standard InChI is InChI=1S/C13H20N4OS/c1-11(19-2)13(18)17-8-4-7-16(9-10-17)12-5-3-6-14-15-12/h3,5-6,11H,4,7-10H2,1-2H3/t11-/m0/s1. The van der Waals surface area contributed by atoms with Gasteiger partial charge in [-0.05, 0) is 31.7 Å². The molecule has 1 saturated heterocycles. The second-order valence-corrected chi connectivity index (χ2v) is 5.80. The van der Waals surface area contributed by atoms with Gasteiger partial charge in [-0.25, -0.2) is 0 Å². The fraction of sp³-hybridized carbons (Fsp3) is 0.615. The highest BCUT2D eigenvalue weighted by molar-refractivity contribution is 7.99. The average Bonchev–Trinajstić information content (AvgIpc) is 2.72. The molecule has 0 aliphatic carbocycles. The topological polar surface area (TPSA) is 49.3 Å². The Labute approximate surface area is 118 Å². The Morgan fingerprint density at radius 1 is 1.37 bits per heavy atom. The summed E-state index contributed by atoms with van der Waals surface area (Å²) in [6.07, 6.45) is 4.63. The van der Waals surface area contributed by atoms with Crippen molar-refractivity contribution in [2.24, 2.45) is 0 Å². The molecule has 6 heteroatoms. The molecule has 1 aliphatic heterocycles. The maximum atomic E-state index is 12.2. The van der Waals surface area contributed by atoms with Crippen molar-refractivity contribution in [2.45, 2.75) is 18.6 Å². The van der Waals surface area contributed by atoms with Crippen LogP contribution in [0.5, 0.6) is 0 Å². The van der Waals surface area contributed by atoms with Gasteiger partial charge in [0.2, 0.25) is 5.91 Å². The Hall–Kier alpha value is -1.30. The molecule has 1 fully saturated rings. The van der Waals surface area contributed by atoms with Crippen LogP contribution in [0.1, 0.15) is 13.3 Å². The molecule has 5 nitrogen and oxygen atoms in total. The fourth-order valence-electron chi connectivity index (χ4n) is 2.19. The van der Waals surface area contributed by atoms with Gasteiger partial charge in [0.15, 0.2) is 5.82 Å². The third-order valence-electron chi connectivity index (χ3n) is 3.39. The maximum Gasteiger partial charge on any atom is 0.235 e. The van der Waals surface area contributed by atoms with Crippen LogP contribution in [-0.4, -0.2) is 58.7 Å². The fourth-order valence-corrected chi connectivity index (χ4v) is 2.54. The lowest BCUT2D eigenvalue weighted by Gasteiger charge is -2.24. The van der Waals surface area contributed by atoms with Crippen LogP contribution in [0.3, 0.4) is 0 Å². The lowest BCUT2D eigenvalue weighted by molar-refractivity contribution is -0.130. The number of rotatable bonds is 3. The van der Waals surface area contributed by atoms with Crippen LogP contribution in [0.4, 0.5) is 5.82 Å². The monoisotopic (exact) mass is 280 g/mol. The number of carbonyl (C=O) groups is 1. The van der Waals surface area contributed by atoms with Crippen LogP contribution in [0, 0.1) is 0 Å². The quantitative estimate of drug-likeness (QED) is 0.834. The van der Waals surface area contributed by atoms with Crippen LogP contribution in [0.15, 0.2) is 18.3 Å². The van der Waals surface area contributed by atoms with Gasteiger partial charge in [0, 0.05) is 32.4 Å². The van der Waals surface area contributed by atoms with Crippen LogP contribution in [0.25, 0.3) is 0 Å². The molecule has 0 saturated carbocycles. The maximum absolute atomic E-state index is 12.2. The molecule has 1 aromatic rings. The van der Waals surface area contributed by atoms with Crippen molar-refractivity contribution in [3.8, 4) is 0 Å². The SMILES string of the molecule is CS[C@@H](C)C(=O)N1CCCN(c2cccnn2)CC1. The Morgan fingerprint density at radius 3 is 2.89 bits per heavy atom. The van der Waals surface area contributed by atoms with E-state index in [-0.39, 0.29) is 11.2 Å². The summed E-state index contributed by atoms with van der Waals surface area (Å²) in [7, 11) is 0. The van der Waals surface area contributed by atoms with Crippen molar-refractivity contribution in [1.29, 1.82) is 0 Å². The molecular weight excluding hydrogens is 260 g/mol. The van der Waals surface area contributed by atoms with Gasteiger partial charge in [-0.1, -0.05) is 0 Å². The highest BCUT2D eigenvalue weighted by atomic mass is 32.2. The van der Waals surface area contributed by atoms with Gasteiger partial charge in [-0.3, -0.25) is 4.79 Å². The van der Waals surface area contributed by atoms with Crippen LogP contribution in [-0.2, 0) is 4.79 Å². The predicted molar refractivity (Wildman–Crippen MR) is 78.4 cm³/mol. The molecule has 104 valence electrons. The number of anilines is 1. The summed E-state index contributed by atoms with van der Waals surface area (Å²) in [5.41, 5.74) is 0. The van der Waals surface area contributed by atoms with E-state index in [2.05, 4.69) is 15.1 Å². The third kappa shape index (κ3) is 3.59. The summed E-state index contributed by atoms with van der Waals surface area (Å²) in [5.74, 6) is 1.14. The molecule has 1 atom stereocenters. The van der Waals surface area contributed by atoms with Crippen LogP contribution < -0.4 is 4.90 Å². The first-order valence-corrected chi connectivity index (χ1v) is 7.85. The van der Waals surface area contributed by atoms with Crippen LogP contribution >= 0.6 is 11.8 Å². The normalized spacial score (nSPS) is 18.0. The Bertz CT molecular complexity index is 414. The van der Waals surface area contributed by atoms with E-state index in [0.29, 0.717) is 0 Å². The molecular formula is C13H20N4OS. The van der Waals surface area contributed by atoms with Crippen molar-refractivity contribution < 1.29 is 4.79 Å². The zero-order chi connectivity index (χ0) is 13.7. The average molecular weight is 280 g/mol. The van der Waals surface area contributed by atoms with Crippen molar-refractivity contribution in [3.05, 3.63) is 18.3 Å². The van der Waals surface area contributed by atoms with Crippen LogP contribution in [0.2, 0.25) is 0 Å². The summed E-state index contributed by atoms with van der Waals surface area (Å²) in [6, 6.07) is 3.86. The number of hydrogen-bond donors (Lipinski definition) is 0. The first-order valence-electron chi connectivity index (χ1n) is 6.56. The van der Waals surface area contributed by atoms with Crippen molar-refractivity contribution in [3.63, 3.8) is 0 Å². The van der Waals surface area contributed by atoms with E-state index in [0.717, 1.165) is 38.4 Å². The third-order valence-corrected chi connectivity index (χ3v) is 4.30. The second-order valence-electron chi connectivity index (χ2n) is 4.63. The Balaban J connectivity index is 1.97. The molecule has 1 aliphatic rings. The van der Waals surface area contributed by atoms with Gasteiger partial charge in [0.1, 0.15) is 0 Å². The number of nitrogens with zero attached hydrogens (tertiary/aromatic N) is 4. The van der Waals surface area contributed by atoms with Crippen molar-refractivity contribution in [2.75, 3.05) is 37.3 Å². The lowest BCUT2D eigenvalue weighted by Crippen LogP contribution is -2.39. The highest BCUT2D eigenvalue weighted by Crippen LogP contribution is 2.15. The van der Waals surface area contributed by atoms with E-state index in [1.165, 1.54) is 0 Å². The van der Waals surface area contributed by atoms with Gasteiger partial charge < -0.3 is 9.80 Å². The Morgan fingerprint density at radius 2 is 2.21 bits per heavy atom. The minimum absolute atomic E-state index is 0.0445. The minimum Gasteiger partial charge on any atom is -0.353 e. The van der Waals surface area contributed by atoms with Gasteiger partial charge in [0.25, 0.3) is 0 Å². The number of carbonyl (C=O) groups excluding carboxylic acids is 1. The molecule has 0 unspecified atom stereocenters. The second kappa shape index (κ2) is 6.75. The predicted octanol–water partition coefficient (Wildman–Crippen LogP) is 1.27. The number of aromatic nitrogens is 2. The summed E-state index contributed by atoms with van der Waals surface area (Å²) in [5, 5.41) is 8.09. The molecule has 2 heterocycles. The lowest BCUT2D eigenvalue weighted by atomic mass is 10.3. The minimum atomic E-state index is 0.0445. The summed E-state index contributed by atoms with van der Waals surface area (Å²) in [6.45, 7) is 5.32.